The number of hydrogen-bond donors (Lipinski definition) is 1. The second kappa shape index (κ2) is 3.46. The molecule has 15 heavy (non-hydrogen) atoms. The van der Waals surface area contributed by atoms with E-state index < -0.39 is 0 Å². The Balaban J connectivity index is 2.79. The van der Waals surface area contributed by atoms with Crippen molar-refractivity contribution >= 4 is 16.6 Å². The molecule has 4 nitrogen and oxygen atoms in total. The Kier molecular flexibility index (Phi) is 2.14. The Bertz CT molecular complexity index is 557. The number of hydrogen-bond acceptors (Lipinski definition) is 4. The molecule has 0 unspecified atom stereocenters. The second-order valence-electron chi connectivity index (χ2n) is 3.06. The molecular formula is C11H9N3O. The summed E-state index contributed by atoms with van der Waals surface area (Å²) in [6.45, 7) is 0. The normalized spacial score (nSPS) is 9.87. The number of aromatic nitrogens is 1. The topological polar surface area (TPSA) is 71.9 Å². The summed E-state index contributed by atoms with van der Waals surface area (Å²) in [5.41, 5.74) is 7.25. The Morgan fingerprint density at radius 3 is 2.73 bits per heavy atom. The van der Waals surface area contributed by atoms with E-state index in [0.717, 1.165) is 5.39 Å². The van der Waals surface area contributed by atoms with Crippen molar-refractivity contribution in [3.8, 4) is 11.9 Å². The van der Waals surface area contributed by atoms with E-state index in [4.69, 9.17) is 15.7 Å². The largest absolute Gasteiger partial charge is 0.481 e. The van der Waals surface area contributed by atoms with Gasteiger partial charge in [0, 0.05) is 11.5 Å². The Labute approximate surface area is 86.9 Å². The highest BCUT2D eigenvalue weighted by Crippen LogP contribution is 2.24. The van der Waals surface area contributed by atoms with Gasteiger partial charge >= 0.3 is 0 Å². The SMILES string of the molecule is COc1ccc2ccc(C#N)c(N)c2n1. The number of rotatable bonds is 1. The smallest absolute Gasteiger partial charge is 0.213 e. The maximum absolute atomic E-state index is 8.82. The van der Waals surface area contributed by atoms with Gasteiger partial charge < -0.3 is 10.5 Å². The summed E-state index contributed by atoms with van der Waals surface area (Å²) in [6, 6.07) is 9.14. The molecule has 74 valence electrons. The minimum absolute atomic E-state index is 0.397. The van der Waals surface area contributed by atoms with Gasteiger partial charge in [0.05, 0.1) is 23.9 Å². The zero-order valence-corrected chi connectivity index (χ0v) is 8.19. The van der Waals surface area contributed by atoms with E-state index >= 15 is 0 Å². The van der Waals surface area contributed by atoms with Gasteiger partial charge in [-0.05, 0) is 12.1 Å². The van der Waals surface area contributed by atoms with Crippen LogP contribution >= 0.6 is 0 Å². The molecule has 0 aliphatic rings. The lowest BCUT2D eigenvalue weighted by molar-refractivity contribution is 0.399. The number of benzene rings is 1. The van der Waals surface area contributed by atoms with E-state index in [2.05, 4.69) is 4.98 Å². The maximum Gasteiger partial charge on any atom is 0.213 e. The molecule has 0 saturated carbocycles. The van der Waals surface area contributed by atoms with Gasteiger partial charge in [0.2, 0.25) is 5.88 Å². The van der Waals surface area contributed by atoms with Crippen molar-refractivity contribution in [3.05, 3.63) is 29.8 Å². The van der Waals surface area contributed by atoms with Gasteiger partial charge in [-0.2, -0.15) is 5.26 Å². The van der Waals surface area contributed by atoms with Crippen LogP contribution in [0.5, 0.6) is 5.88 Å². The van der Waals surface area contributed by atoms with Crippen molar-refractivity contribution in [2.24, 2.45) is 0 Å². The van der Waals surface area contributed by atoms with Crippen LogP contribution in [0.25, 0.3) is 10.9 Å². The Morgan fingerprint density at radius 2 is 2.07 bits per heavy atom. The van der Waals surface area contributed by atoms with E-state index in [0.29, 0.717) is 22.6 Å². The zero-order valence-electron chi connectivity index (χ0n) is 8.19. The van der Waals surface area contributed by atoms with E-state index in [9.17, 15) is 0 Å². The van der Waals surface area contributed by atoms with Crippen LogP contribution in [0.1, 0.15) is 5.56 Å². The third-order valence-electron chi connectivity index (χ3n) is 2.21. The minimum atomic E-state index is 0.397. The molecule has 0 bridgehead atoms. The molecule has 0 aliphatic heterocycles. The van der Waals surface area contributed by atoms with Crippen LogP contribution in [0.3, 0.4) is 0 Å². The fourth-order valence-electron chi connectivity index (χ4n) is 1.40. The Morgan fingerprint density at radius 1 is 1.33 bits per heavy atom. The number of pyridine rings is 1. The van der Waals surface area contributed by atoms with Crippen LogP contribution in [0.15, 0.2) is 24.3 Å². The average Bonchev–Trinajstić information content (AvgIpc) is 2.29. The van der Waals surface area contributed by atoms with Crippen LogP contribution in [0, 0.1) is 11.3 Å². The van der Waals surface area contributed by atoms with Crippen molar-refractivity contribution in [2.45, 2.75) is 0 Å². The number of nitrogen functional groups attached to an aromatic ring is 1. The number of nitrogens with two attached hydrogens (primary N) is 1. The number of nitriles is 1. The van der Waals surface area contributed by atoms with Crippen LogP contribution in [0.4, 0.5) is 5.69 Å². The van der Waals surface area contributed by atoms with Crippen LogP contribution < -0.4 is 10.5 Å². The average molecular weight is 199 g/mol. The van der Waals surface area contributed by atoms with Gasteiger partial charge in [-0.15, -0.1) is 0 Å². The minimum Gasteiger partial charge on any atom is -0.481 e. The molecule has 0 radical (unpaired) electrons. The monoisotopic (exact) mass is 199 g/mol. The lowest BCUT2D eigenvalue weighted by Gasteiger charge is -2.04. The highest BCUT2D eigenvalue weighted by molar-refractivity contribution is 5.92. The van der Waals surface area contributed by atoms with Crippen LogP contribution in [-0.4, -0.2) is 12.1 Å². The standard InChI is InChI=1S/C11H9N3O/c1-15-9-5-4-7-2-3-8(6-12)10(13)11(7)14-9/h2-5H,13H2,1H3. The molecule has 1 heterocycles. The summed E-state index contributed by atoms with van der Waals surface area (Å²) in [7, 11) is 1.54. The van der Waals surface area contributed by atoms with Gasteiger partial charge in [-0.1, -0.05) is 6.07 Å². The summed E-state index contributed by atoms with van der Waals surface area (Å²) < 4.78 is 5.00. The van der Waals surface area contributed by atoms with E-state index in [-0.39, 0.29) is 0 Å². The van der Waals surface area contributed by atoms with Crippen molar-refractivity contribution < 1.29 is 4.74 Å². The summed E-state index contributed by atoms with van der Waals surface area (Å²) in [6.07, 6.45) is 0. The highest BCUT2D eigenvalue weighted by atomic mass is 16.5. The molecule has 0 aliphatic carbocycles. The van der Waals surface area contributed by atoms with Crippen molar-refractivity contribution in [2.75, 3.05) is 12.8 Å². The van der Waals surface area contributed by atoms with Crippen LogP contribution in [0.2, 0.25) is 0 Å². The number of anilines is 1. The molecule has 0 atom stereocenters. The predicted octanol–water partition coefficient (Wildman–Crippen LogP) is 1.70. The molecule has 1 aromatic heterocycles. The fourth-order valence-corrected chi connectivity index (χ4v) is 1.40. The molecule has 0 amide bonds. The van der Waals surface area contributed by atoms with Crippen LogP contribution in [-0.2, 0) is 0 Å². The number of fused-ring (bicyclic) bond motifs is 1. The van der Waals surface area contributed by atoms with E-state index in [1.807, 2.05) is 18.2 Å². The summed E-state index contributed by atoms with van der Waals surface area (Å²) in [5.74, 6) is 0.490. The van der Waals surface area contributed by atoms with Gasteiger partial charge in [0.15, 0.2) is 0 Å². The first-order valence-electron chi connectivity index (χ1n) is 4.39. The Hall–Kier alpha value is -2.28. The second-order valence-corrected chi connectivity index (χ2v) is 3.06. The van der Waals surface area contributed by atoms with Crippen molar-refractivity contribution in [3.63, 3.8) is 0 Å². The number of nitrogens with zero attached hydrogens (tertiary/aromatic N) is 2. The first-order valence-corrected chi connectivity index (χ1v) is 4.39. The fraction of sp³-hybridized carbons (Fsp3) is 0.0909. The maximum atomic E-state index is 8.82. The third kappa shape index (κ3) is 1.44. The molecule has 0 spiro atoms. The zero-order chi connectivity index (χ0) is 10.8. The number of ether oxygens (including phenoxy) is 1. The molecule has 0 fully saturated rings. The predicted molar refractivity (Wildman–Crippen MR) is 57.4 cm³/mol. The lowest BCUT2D eigenvalue weighted by atomic mass is 10.1. The van der Waals surface area contributed by atoms with E-state index in [1.54, 1.807) is 19.2 Å². The van der Waals surface area contributed by atoms with Crippen molar-refractivity contribution in [1.29, 1.82) is 5.26 Å². The third-order valence-corrected chi connectivity index (χ3v) is 2.21. The summed E-state index contributed by atoms with van der Waals surface area (Å²) >= 11 is 0. The molecule has 2 rings (SSSR count). The number of methoxy groups -OCH3 is 1. The van der Waals surface area contributed by atoms with Gasteiger partial charge in [0.1, 0.15) is 6.07 Å². The lowest BCUT2D eigenvalue weighted by Crippen LogP contribution is -1.95. The van der Waals surface area contributed by atoms with Gasteiger partial charge in [-0.25, -0.2) is 4.98 Å². The first kappa shape index (κ1) is 9.28. The molecule has 4 heteroatoms. The summed E-state index contributed by atoms with van der Waals surface area (Å²) in [5, 5.41) is 9.71. The van der Waals surface area contributed by atoms with E-state index in [1.165, 1.54) is 0 Å². The quantitative estimate of drug-likeness (QED) is 0.709. The van der Waals surface area contributed by atoms with Gasteiger partial charge in [-0.3, -0.25) is 0 Å². The van der Waals surface area contributed by atoms with Gasteiger partial charge in [0.25, 0.3) is 0 Å². The first-order chi connectivity index (χ1) is 7.26. The molecular weight excluding hydrogens is 190 g/mol. The highest BCUT2D eigenvalue weighted by Gasteiger charge is 2.06. The molecule has 0 saturated heterocycles. The van der Waals surface area contributed by atoms with Crippen molar-refractivity contribution in [1.82, 2.24) is 4.98 Å². The molecule has 2 aromatic rings. The molecule has 1 aromatic carbocycles. The summed E-state index contributed by atoms with van der Waals surface area (Å²) in [4.78, 5) is 4.20. The molecule has 2 N–H and O–H groups in total.